The molecule has 0 saturated heterocycles. The Bertz CT molecular complexity index is 346. The summed E-state index contributed by atoms with van der Waals surface area (Å²) in [7, 11) is 1.37. The van der Waals surface area contributed by atoms with Gasteiger partial charge in [-0.05, 0) is 31.6 Å². The molecule has 21 heavy (non-hydrogen) atoms. The lowest BCUT2D eigenvalue weighted by Crippen LogP contribution is -2.50. The van der Waals surface area contributed by atoms with Crippen molar-refractivity contribution in [1.29, 1.82) is 0 Å². The molecule has 0 aromatic rings. The van der Waals surface area contributed by atoms with E-state index in [1.165, 1.54) is 7.11 Å². The normalized spacial score (nSPS) is 21.5. The van der Waals surface area contributed by atoms with Crippen molar-refractivity contribution in [3.05, 3.63) is 0 Å². The van der Waals surface area contributed by atoms with Crippen LogP contribution in [-0.4, -0.2) is 30.6 Å². The number of esters is 1. The predicted octanol–water partition coefficient (Wildman–Crippen LogP) is 2.16. The van der Waals surface area contributed by atoms with Crippen molar-refractivity contribution in [2.75, 3.05) is 7.11 Å². The molecule has 5 nitrogen and oxygen atoms in total. The number of hydrogen-bond acceptors (Lipinski definition) is 4. The number of amides is 1. The maximum Gasteiger partial charge on any atom is 0.307 e. The zero-order chi connectivity index (χ0) is 15.2. The third-order valence-electron chi connectivity index (χ3n) is 4.63. The molecule has 0 radical (unpaired) electrons. The Morgan fingerprint density at radius 3 is 2.33 bits per heavy atom. The zero-order valence-corrected chi connectivity index (χ0v) is 14.1. The second kappa shape index (κ2) is 9.26. The van der Waals surface area contributed by atoms with Crippen LogP contribution >= 0.6 is 12.4 Å². The number of carbonyl (C=O) groups excluding carboxylic acids is 2. The molecule has 1 amide bonds. The van der Waals surface area contributed by atoms with Gasteiger partial charge in [0, 0.05) is 18.0 Å². The molecule has 1 aliphatic carbocycles. The maximum absolute atomic E-state index is 12.2. The second-order valence-corrected chi connectivity index (χ2v) is 5.85. The van der Waals surface area contributed by atoms with E-state index in [-0.39, 0.29) is 42.7 Å². The monoisotopic (exact) mass is 320 g/mol. The first kappa shape index (κ1) is 20.2. The lowest BCUT2D eigenvalue weighted by Gasteiger charge is -2.32. The van der Waals surface area contributed by atoms with Crippen molar-refractivity contribution in [2.24, 2.45) is 11.7 Å². The Balaban J connectivity index is 0.00000400. The minimum absolute atomic E-state index is 0. The smallest absolute Gasteiger partial charge is 0.307 e. The topological polar surface area (TPSA) is 81.4 Å². The Morgan fingerprint density at radius 2 is 1.90 bits per heavy atom. The van der Waals surface area contributed by atoms with Gasteiger partial charge in [0.25, 0.3) is 0 Å². The van der Waals surface area contributed by atoms with E-state index < -0.39 is 5.54 Å². The van der Waals surface area contributed by atoms with Crippen molar-refractivity contribution in [2.45, 2.75) is 70.4 Å². The van der Waals surface area contributed by atoms with Crippen LogP contribution in [0.3, 0.4) is 0 Å². The SMILES string of the molecule is CCC(CC)(CC(=O)OC)NC(=O)C[C@@H]1CCC[C@H]1N.Cl. The van der Waals surface area contributed by atoms with Crippen LogP contribution in [0.1, 0.15) is 58.8 Å². The molecule has 0 aromatic carbocycles. The van der Waals surface area contributed by atoms with E-state index in [1.807, 2.05) is 13.8 Å². The third kappa shape index (κ3) is 5.83. The first-order chi connectivity index (χ1) is 9.46. The van der Waals surface area contributed by atoms with Gasteiger partial charge in [0.1, 0.15) is 0 Å². The number of methoxy groups -OCH3 is 1. The Kier molecular flexibility index (Phi) is 8.90. The van der Waals surface area contributed by atoms with Gasteiger partial charge in [0.15, 0.2) is 0 Å². The van der Waals surface area contributed by atoms with E-state index in [0.29, 0.717) is 19.3 Å². The van der Waals surface area contributed by atoms with Crippen LogP contribution in [0.25, 0.3) is 0 Å². The van der Waals surface area contributed by atoms with Gasteiger partial charge >= 0.3 is 5.97 Å². The average Bonchev–Trinajstić information content (AvgIpc) is 2.83. The summed E-state index contributed by atoms with van der Waals surface area (Å²) < 4.78 is 4.73. The molecule has 2 atom stereocenters. The Labute approximate surface area is 133 Å². The van der Waals surface area contributed by atoms with Crippen molar-refractivity contribution in [3.63, 3.8) is 0 Å². The number of halogens is 1. The fourth-order valence-corrected chi connectivity index (χ4v) is 2.97. The van der Waals surface area contributed by atoms with E-state index in [9.17, 15) is 9.59 Å². The standard InChI is InChI=1S/C15H28N2O3.ClH/c1-4-15(5-2,10-14(19)20-3)17-13(18)9-11-7-6-8-12(11)16;/h11-12H,4-10,16H2,1-3H3,(H,17,18);1H/t11-,12+;/m0./s1. The summed E-state index contributed by atoms with van der Waals surface area (Å²) in [5.74, 6) is -0.00828. The molecular weight excluding hydrogens is 292 g/mol. The minimum atomic E-state index is -0.493. The number of ether oxygens (including phenoxy) is 1. The Morgan fingerprint density at radius 1 is 1.29 bits per heavy atom. The summed E-state index contributed by atoms with van der Waals surface area (Å²) in [5.41, 5.74) is 5.51. The molecule has 1 saturated carbocycles. The molecule has 0 heterocycles. The molecule has 1 fully saturated rings. The summed E-state index contributed by atoms with van der Waals surface area (Å²) in [6.07, 6.45) is 5.24. The van der Waals surface area contributed by atoms with Crippen molar-refractivity contribution >= 4 is 24.3 Å². The minimum Gasteiger partial charge on any atom is -0.469 e. The molecule has 1 rings (SSSR count). The van der Waals surface area contributed by atoms with Gasteiger partial charge in [-0.3, -0.25) is 9.59 Å². The van der Waals surface area contributed by atoms with Gasteiger partial charge in [0.05, 0.1) is 13.5 Å². The largest absolute Gasteiger partial charge is 0.469 e. The van der Waals surface area contributed by atoms with Crippen molar-refractivity contribution in [1.82, 2.24) is 5.32 Å². The van der Waals surface area contributed by atoms with Gasteiger partial charge in [-0.15, -0.1) is 12.4 Å². The molecule has 6 heteroatoms. The number of nitrogens with two attached hydrogens (primary N) is 1. The van der Waals surface area contributed by atoms with Crippen molar-refractivity contribution < 1.29 is 14.3 Å². The molecule has 0 aromatic heterocycles. The maximum atomic E-state index is 12.2. The quantitative estimate of drug-likeness (QED) is 0.704. The highest BCUT2D eigenvalue weighted by molar-refractivity contribution is 5.85. The second-order valence-electron chi connectivity index (χ2n) is 5.85. The molecular formula is C15H29ClN2O3. The van der Waals surface area contributed by atoms with E-state index in [0.717, 1.165) is 19.3 Å². The molecule has 1 aliphatic rings. The first-order valence-electron chi connectivity index (χ1n) is 7.59. The zero-order valence-electron chi connectivity index (χ0n) is 13.3. The van der Waals surface area contributed by atoms with E-state index >= 15 is 0 Å². The van der Waals surface area contributed by atoms with Gasteiger partial charge in [-0.2, -0.15) is 0 Å². The van der Waals surface area contributed by atoms with Crippen LogP contribution in [0.4, 0.5) is 0 Å². The highest BCUT2D eigenvalue weighted by Gasteiger charge is 2.33. The van der Waals surface area contributed by atoms with E-state index in [1.54, 1.807) is 0 Å². The predicted molar refractivity (Wildman–Crippen MR) is 85.3 cm³/mol. The van der Waals surface area contributed by atoms with Crippen LogP contribution in [0, 0.1) is 5.92 Å². The summed E-state index contributed by atoms with van der Waals surface area (Å²) in [6.45, 7) is 3.96. The molecule has 124 valence electrons. The van der Waals surface area contributed by atoms with Crippen LogP contribution in [-0.2, 0) is 14.3 Å². The highest BCUT2D eigenvalue weighted by atomic mass is 35.5. The highest BCUT2D eigenvalue weighted by Crippen LogP contribution is 2.28. The first-order valence-corrected chi connectivity index (χ1v) is 7.59. The molecule has 3 N–H and O–H groups in total. The summed E-state index contributed by atoms with van der Waals surface area (Å²) in [5, 5.41) is 3.05. The van der Waals surface area contributed by atoms with Crippen LogP contribution in [0.15, 0.2) is 0 Å². The van der Waals surface area contributed by atoms with Gasteiger partial charge in [-0.25, -0.2) is 0 Å². The third-order valence-corrected chi connectivity index (χ3v) is 4.63. The molecule has 0 bridgehead atoms. The number of carbonyl (C=O) groups is 2. The van der Waals surface area contributed by atoms with Gasteiger partial charge in [0.2, 0.25) is 5.91 Å². The van der Waals surface area contributed by atoms with Gasteiger partial charge in [-0.1, -0.05) is 20.3 Å². The van der Waals surface area contributed by atoms with Gasteiger partial charge < -0.3 is 15.8 Å². The fourth-order valence-electron chi connectivity index (χ4n) is 2.97. The number of nitrogens with one attached hydrogen (secondary N) is 1. The van der Waals surface area contributed by atoms with Crippen molar-refractivity contribution in [3.8, 4) is 0 Å². The van der Waals surface area contributed by atoms with Crippen LogP contribution in [0.5, 0.6) is 0 Å². The van der Waals surface area contributed by atoms with E-state index in [4.69, 9.17) is 10.5 Å². The number of rotatable bonds is 7. The van der Waals surface area contributed by atoms with E-state index in [2.05, 4.69) is 5.32 Å². The fraction of sp³-hybridized carbons (Fsp3) is 0.867. The number of hydrogen-bond donors (Lipinski definition) is 2. The molecule has 0 unspecified atom stereocenters. The molecule has 0 aliphatic heterocycles. The van der Waals surface area contributed by atoms with Crippen LogP contribution in [0.2, 0.25) is 0 Å². The average molecular weight is 321 g/mol. The Hall–Kier alpha value is -0.810. The lowest BCUT2D eigenvalue weighted by atomic mass is 9.88. The lowest BCUT2D eigenvalue weighted by molar-refractivity contribution is -0.142. The molecule has 0 spiro atoms. The summed E-state index contributed by atoms with van der Waals surface area (Å²) >= 11 is 0. The summed E-state index contributed by atoms with van der Waals surface area (Å²) in [6, 6.07) is 0.138. The van der Waals surface area contributed by atoms with Crippen LogP contribution < -0.4 is 11.1 Å². The summed E-state index contributed by atoms with van der Waals surface area (Å²) in [4.78, 5) is 23.8.